The van der Waals surface area contributed by atoms with E-state index in [0.29, 0.717) is 13.1 Å². The molecule has 8 heteroatoms. The summed E-state index contributed by atoms with van der Waals surface area (Å²) >= 11 is 0. The summed E-state index contributed by atoms with van der Waals surface area (Å²) in [4.78, 5) is 11.6. The van der Waals surface area contributed by atoms with Crippen LogP contribution in [-0.4, -0.2) is 63.0 Å². The molecule has 0 saturated heterocycles. The normalized spacial score (nSPS) is 20.4. The van der Waals surface area contributed by atoms with Crippen LogP contribution in [0.4, 0.5) is 0 Å². The minimum atomic E-state index is -0.497. The molecule has 2 aliphatic heterocycles. The van der Waals surface area contributed by atoms with Crippen LogP contribution in [0.15, 0.2) is 29.3 Å². The number of rotatable bonds is 6. The van der Waals surface area contributed by atoms with E-state index < -0.39 is 6.10 Å². The minimum absolute atomic E-state index is 0.0912. The molecule has 1 aromatic carbocycles. The average Bonchev–Trinajstić information content (AvgIpc) is 3.13. The lowest BCUT2D eigenvalue weighted by atomic mass is 10.00. The van der Waals surface area contributed by atoms with Crippen molar-refractivity contribution in [2.24, 2.45) is 4.99 Å². The second kappa shape index (κ2) is 9.57. The van der Waals surface area contributed by atoms with Gasteiger partial charge in [0.05, 0.1) is 18.7 Å². The second-order valence-corrected chi connectivity index (χ2v) is 8.21. The number of aryl methyl sites for hydroxylation is 2. The van der Waals surface area contributed by atoms with Crippen molar-refractivity contribution in [3.05, 3.63) is 47.0 Å². The first-order chi connectivity index (χ1) is 14.6. The van der Waals surface area contributed by atoms with E-state index in [1.807, 2.05) is 18.5 Å². The van der Waals surface area contributed by atoms with E-state index in [1.165, 1.54) is 11.1 Å². The first-order valence-corrected chi connectivity index (χ1v) is 11.1. The maximum Gasteiger partial charge on any atom is 0.191 e. The predicted molar refractivity (Wildman–Crippen MR) is 117 cm³/mol. The van der Waals surface area contributed by atoms with Gasteiger partial charge in [0.2, 0.25) is 0 Å². The molecule has 3 N–H and O–H groups in total. The van der Waals surface area contributed by atoms with Crippen LogP contribution in [0.25, 0.3) is 0 Å². The molecule has 0 fully saturated rings. The minimum Gasteiger partial charge on any atom is -0.390 e. The molecule has 1 aromatic heterocycles. The maximum atomic E-state index is 10.6. The third-order valence-corrected chi connectivity index (χ3v) is 5.77. The van der Waals surface area contributed by atoms with Crippen LogP contribution in [0.2, 0.25) is 0 Å². The molecule has 0 saturated carbocycles. The quantitative estimate of drug-likeness (QED) is 0.492. The second-order valence-electron chi connectivity index (χ2n) is 8.21. The number of aromatic nitrogens is 3. The highest BCUT2D eigenvalue weighted by Crippen LogP contribution is 2.23. The van der Waals surface area contributed by atoms with Crippen molar-refractivity contribution >= 4 is 5.96 Å². The van der Waals surface area contributed by atoms with Crippen molar-refractivity contribution in [2.45, 2.75) is 58.3 Å². The Bertz CT molecular complexity index is 878. The van der Waals surface area contributed by atoms with Gasteiger partial charge in [-0.25, -0.2) is 9.67 Å². The van der Waals surface area contributed by atoms with E-state index in [1.54, 1.807) is 0 Å². The zero-order valence-electron chi connectivity index (χ0n) is 18.0. The molecule has 0 amide bonds. The molecule has 4 rings (SSSR count). The molecule has 2 aromatic rings. The standard InChI is InChI=1S/C22H33N7O/c1-3-23-22(26-20-9-6-11-29-21(20)25-16(2)27-29)24-13-19(30)15-28-12-10-17-7-4-5-8-18(17)14-28/h4-5,7-8,19-20,30H,3,6,9-15H2,1-2H3,(H2,23,24,26). The SMILES string of the molecule is CCNC(=NCC(O)CN1CCc2ccccc2C1)NC1CCCn2nc(C)nc21. The summed E-state index contributed by atoms with van der Waals surface area (Å²) in [7, 11) is 0. The van der Waals surface area contributed by atoms with Crippen molar-refractivity contribution in [3.8, 4) is 0 Å². The third-order valence-electron chi connectivity index (χ3n) is 5.77. The molecule has 0 radical (unpaired) electrons. The highest BCUT2D eigenvalue weighted by Gasteiger charge is 2.24. The smallest absolute Gasteiger partial charge is 0.191 e. The highest BCUT2D eigenvalue weighted by atomic mass is 16.3. The molecule has 2 atom stereocenters. The molecule has 162 valence electrons. The number of aliphatic hydroxyl groups excluding tert-OH is 1. The lowest BCUT2D eigenvalue weighted by Gasteiger charge is -2.30. The van der Waals surface area contributed by atoms with E-state index in [4.69, 9.17) is 0 Å². The largest absolute Gasteiger partial charge is 0.390 e. The van der Waals surface area contributed by atoms with Gasteiger partial charge in [-0.2, -0.15) is 5.10 Å². The number of benzene rings is 1. The Labute approximate surface area is 178 Å². The van der Waals surface area contributed by atoms with Gasteiger partial charge in [0.15, 0.2) is 5.96 Å². The summed E-state index contributed by atoms with van der Waals surface area (Å²) in [6.07, 6.45) is 2.60. The van der Waals surface area contributed by atoms with Crippen molar-refractivity contribution in [3.63, 3.8) is 0 Å². The van der Waals surface area contributed by atoms with Crippen molar-refractivity contribution in [1.82, 2.24) is 30.3 Å². The molecule has 0 spiro atoms. The fourth-order valence-electron chi connectivity index (χ4n) is 4.35. The van der Waals surface area contributed by atoms with Gasteiger partial charge in [-0.15, -0.1) is 0 Å². The number of nitrogens with zero attached hydrogens (tertiary/aromatic N) is 5. The van der Waals surface area contributed by atoms with Crippen LogP contribution < -0.4 is 10.6 Å². The molecular formula is C22H33N7O. The Hall–Kier alpha value is -2.45. The Morgan fingerprint density at radius 2 is 2.13 bits per heavy atom. The zero-order valence-corrected chi connectivity index (χ0v) is 18.0. The number of β-amino-alcohol motifs (C(OH)–C–C–N with tert-alkyl or cyclic N) is 1. The highest BCUT2D eigenvalue weighted by molar-refractivity contribution is 5.80. The lowest BCUT2D eigenvalue weighted by Crippen LogP contribution is -2.42. The molecule has 30 heavy (non-hydrogen) atoms. The van der Waals surface area contributed by atoms with Gasteiger partial charge in [-0.3, -0.25) is 9.89 Å². The van der Waals surface area contributed by atoms with Gasteiger partial charge in [0.1, 0.15) is 11.6 Å². The lowest BCUT2D eigenvalue weighted by molar-refractivity contribution is 0.111. The number of aliphatic imine (C=N–C) groups is 1. The van der Waals surface area contributed by atoms with Crippen LogP contribution in [0, 0.1) is 6.92 Å². The van der Waals surface area contributed by atoms with Gasteiger partial charge in [0.25, 0.3) is 0 Å². The van der Waals surface area contributed by atoms with Crippen LogP contribution >= 0.6 is 0 Å². The summed E-state index contributed by atoms with van der Waals surface area (Å²) in [5.41, 5.74) is 2.79. The van der Waals surface area contributed by atoms with Gasteiger partial charge in [-0.05, 0) is 44.2 Å². The van der Waals surface area contributed by atoms with Crippen LogP contribution in [0.3, 0.4) is 0 Å². The molecule has 8 nitrogen and oxygen atoms in total. The summed E-state index contributed by atoms with van der Waals surface area (Å²) in [6, 6.07) is 8.67. The number of aliphatic hydroxyl groups is 1. The average molecular weight is 412 g/mol. The van der Waals surface area contributed by atoms with Crippen molar-refractivity contribution in [2.75, 3.05) is 26.2 Å². The molecule has 3 heterocycles. The van der Waals surface area contributed by atoms with Crippen LogP contribution in [0.5, 0.6) is 0 Å². The first kappa shape index (κ1) is 20.8. The van der Waals surface area contributed by atoms with E-state index in [-0.39, 0.29) is 6.04 Å². The Morgan fingerprint density at radius 1 is 1.30 bits per heavy atom. The number of guanidine groups is 1. The monoisotopic (exact) mass is 411 g/mol. The Kier molecular flexibility index (Phi) is 6.64. The fourth-order valence-corrected chi connectivity index (χ4v) is 4.35. The number of hydrogen-bond donors (Lipinski definition) is 3. The van der Waals surface area contributed by atoms with Crippen molar-refractivity contribution in [1.29, 1.82) is 0 Å². The number of nitrogens with one attached hydrogen (secondary N) is 2. The topological polar surface area (TPSA) is 90.6 Å². The predicted octanol–water partition coefficient (Wildman–Crippen LogP) is 1.40. The summed E-state index contributed by atoms with van der Waals surface area (Å²) in [5.74, 6) is 2.50. The van der Waals surface area contributed by atoms with Gasteiger partial charge < -0.3 is 15.7 Å². The molecule has 2 unspecified atom stereocenters. The molecule has 2 aliphatic rings. The Balaban J connectivity index is 1.34. The third kappa shape index (κ3) is 4.99. The molecule has 0 bridgehead atoms. The Morgan fingerprint density at radius 3 is 2.97 bits per heavy atom. The van der Waals surface area contributed by atoms with Gasteiger partial charge in [0, 0.05) is 32.7 Å². The van der Waals surface area contributed by atoms with E-state index in [0.717, 1.165) is 63.0 Å². The first-order valence-electron chi connectivity index (χ1n) is 11.1. The van der Waals surface area contributed by atoms with E-state index in [2.05, 4.69) is 54.9 Å². The number of hydrogen-bond acceptors (Lipinski definition) is 5. The number of fused-ring (bicyclic) bond motifs is 2. The zero-order chi connectivity index (χ0) is 20.9. The van der Waals surface area contributed by atoms with Crippen LogP contribution in [-0.2, 0) is 19.5 Å². The van der Waals surface area contributed by atoms with Crippen molar-refractivity contribution < 1.29 is 5.11 Å². The fraction of sp³-hybridized carbons (Fsp3) is 0.591. The summed E-state index contributed by atoms with van der Waals surface area (Å²) in [5, 5.41) is 21.9. The molecule has 0 aliphatic carbocycles. The van der Waals surface area contributed by atoms with Crippen LogP contribution in [0.1, 0.15) is 48.6 Å². The summed E-state index contributed by atoms with van der Waals surface area (Å²) < 4.78 is 1.99. The van der Waals surface area contributed by atoms with E-state index in [9.17, 15) is 5.11 Å². The van der Waals surface area contributed by atoms with Gasteiger partial charge >= 0.3 is 0 Å². The maximum absolute atomic E-state index is 10.6. The van der Waals surface area contributed by atoms with E-state index >= 15 is 0 Å². The summed E-state index contributed by atoms with van der Waals surface area (Å²) in [6.45, 7) is 8.53. The van der Waals surface area contributed by atoms with Gasteiger partial charge in [-0.1, -0.05) is 24.3 Å². The molecular weight excluding hydrogens is 378 g/mol.